The number of nitrogens with one attached hydrogen (secondary N) is 1. The Morgan fingerprint density at radius 1 is 0.795 bits per heavy atom. The quantitative estimate of drug-likeness (QED) is 0.173. The Bertz CT molecular complexity index is 1650. The van der Waals surface area contributed by atoms with E-state index in [9.17, 15) is 18.0 Å². The molecule has 4 aromatic carbocycles. The van der Waals surface area contributed by atoms with E-state index in [0.29, 0.717) is 16.5 Å². The number of halogens is 2. The van der Waals surface area contributed by atoms with E-state index in [-0.39, 0.29) is 35.5 Å². The van der Waals surface area contributed by atoms with Gasteiger partial charge in [0.05, 0.1) is 10.6 Å². The molecule has 0 aliphatic carbocycles. The van der Waals surface area contributed by atoms with E-state index >= 15 is 0 Å². The predicted molar refractivity (Wildman–Crippen MR) is 176 cm³/mol. The maximum atomic E-state index is 14.4. The molecule has 0 saturated heterocycles. The molecule has 230 valence electrons. The summed E-state index contributed by atoms with van der Waals surface area (Å²) in [4.78, 5) is 29.8. The first-order chi connectivity index (χ1) is 21.1. The molecule has 4 aromatic rings. The lowest BCUT2D eigenvalue weighted by atomic mass is 10.0. The molecule has 7 nitrogen and oxygen atoms in total. The van der Waals surface area contributed by atoms with Crippen LogP contribution in [0, 0.1) is 0 Å². The second-order valence-corrected chi connectivity index (χ2v) is 13.2. The van der Waals surface area contributed by atoms with E-state index in [2.05, 4.69) is 5.32 Å². The first-order valence-corrected chi connectivity index (χ1v) is 16.5. The van der Waals surface area contributed by atoms with Crippen LogP contribution in [0.4, 0.5) is 5.69 Å². The number of benzene rings is 4. The molecule has 10 heteroatoms. The van der Waals surface area contributed by atoms with Crippen LogP contribution >= 0.6 is 23.2 Å². The molecular formula is C34H35Cl2N3O4S. The molecule has 0 heterocycles. The fraction of sp³-hybridized carbons (Fsp3) is 0.235. The zero-order chi connectivity index (χ0) is 31.7. The molecule has 0 aliphatic rings. The summed E-state index contributed by atoms with van der Waals surface area (Å²) in [7, 11) is -4.20. The SMILES string of the molecule is CCC(C)NC(=O)C(Cc1ccccc1)N(Cc1ccc(Cl)cc1)C(=O)CN(c1cccc(Cl)c1)S(=O)(=O)c1ccccc1. The molecule has 0 saturated carbocycles. The van der Waals surface area contributed by atoms with E-state index in [4.69, 9.17) is 23.2 Å². The number of amides is 2. The standard InChI is InChI=1S/C34H35Cl2N3O4S/c1-3-25(2)37-34(41)32(21-26-11-6-4-7-12-26)38(23-27-17-19-28(35)20-18-27)33(40)24-39(30-14-10-13-29(36)22-30)44(42,43)31-15-8-5-9-16-31/h4-20,22,25,32H,3,21,23-24H2,1-2H3,(H,37,41). The number of hydrogen-bond donors (Lipinski definition) is 1. The largest absolute Gasteiger partial charge is 0.352 e. The van der Waals surface area contributed by atoms with E-state index < -0.39 is 28.5 Å². The molecule has 44 heavy (non-hydrogen) atoms. The molecule has 0 aromatic heterocycles. The number of sulfonamides is 1. The Labute approximate surface area is 269 Å². The third kappa shape index (κ3) is 8.62. The van der Waals surface area contributed by atoms with Crippen LogP contribution in [0.25, 0.3) is 0 Å². The van der Waals surface area contributed by atoms with Crippen molar-refractivity contribution in [3.05, 3.63) is 130 Å². The Morgan fingerprint density at radius 3 is 2.05 bits per heavy atom. The van der Waals surface area contributed by atoms with Crippen molar-refractivity contribution in [2.75, 3.05) is 10.8 Å². The predicted octanol–water partition coefficient (Wildman–Crippen LogP) is 6.74. The van der Waals surface area contributed by atoms with Gasteiger partial charge in [-0.2, -0.15) is 0 Å². The Hall–Kier alpha value is -3.85. The Kier molecular flexibility index (Phi) is 11.4. The molecule has 1 N–H and O–H groups in total. The Balaban J connectivity index is 1.80. The maximum Gasteiger partial charge on any atom is 0.264 e. The minimum absolute atomic E-state index is 0.0207. The second-order valence-electron chi connectivity index (χ2n) is 10.5. The van der Waals surface area contributed by atoms with Crippen LogP contribution < -0.4 is 9.62 Å². The minimum Gasteiger partial charge on any atom is -0.352 e. The number of rotatable bonds is 13. The summed E-state index contributed by atoms with van der Waals surface area (Å²) in [6.07, 6.45) is 0.928. The van der Waals surface area contributed by atoms with Gasteiger partial charge >= 0.3 is 0 Å². The van der Waals surface area contributed by atoms with Crippen molar-refractivity contribution in [2.45, 2.75) is 50.2 Å². The number of carbonyl (C=O) groups excluding carboxylic acids is 2. The van der Waals surface area contributed by atoms with Gasteiger partial charge in [0.15, 0.2) is 0 Å². The molecule has 4 rings (SSSR count). The summed E-state index contributed by atoms with van der Waals surface area (Å²) in [6.45, 7) is 3.35. The van der Waals surface area contributed by atoms with Crippen LogP contribution in [0.15, 0.2) is 114 Å². The fourth-order valence-electron chi connectivity index (χ4n) is 4.66. The second kappa shape index (κ2) is 15.2. The molecule has 0 radical (unpaired) electrons. The van der Waals surface area contributed by atoms with Gasteiger partial charge in [-0.3, -0.25) is 13.9 Å². The average Bonchev–Trinajstić information content (AvgIpc) is 3.03. The van der Waals surface area contributed by atoms with Crippen LogP contribution in [0.1, 0.15) is 31.4 Å². The van der Waals surface area contributed by atoms with Gasteiger partial charge in [0, 0.05) is 29.1 Å². The van der Waals surface area contributed by atoms with Gasteiger partial charge in [0.2, 0.25) is 11.8 Å². The topological polar surface area (TPSA) is 86.8 Å². The average molecular weight is 653 g/mol. The summed E-state index contributed by atoms with van der Waals surface area (Å²) >= 11 is 12.4. The summed E-state index contributed by atoms with van der Waals surface area (Å²) in [6, 6.07) is 29.6. The van der Waals surface area contributed by atoms with Gasteiger partial charge in [0.1, 0.15) is 12.6 Å². The van der Waals surface area contributed by atoms with Crippen LogP contribution in [-0.2, 0) is 32.6 Å². The van der Waals surface area contributed by atoms with Crippen LogP contribution in [-0.4, -0.2) is 43.8 Å². The number of carbonyl (C=O) groups is 2. The summed E-state index contributed by atoms with van der Waals surface area (Å²) < 4.78 is 29.0. The normalized spacial score (nSPS) is 12.6. The molecule has 0 aliphatic heterocycles. The molecular weight excluding hydrogens is 617 g/mol. The Morgan fingerprint density at radius 2 is 1.43 bits per heavy atom. The van der Waals surface area contributed by atoms with Gasteiger partial charge < -0.3 is 10.2 Å². The molecule has 2 amide bonds. The zero-order valence-electron chi connectivity index (χ0n) is 24.6. The van der Waals surface area contributed by atoms with Crippen molar-refractivity contribution < 1.29 is 18.0 Å². The lowest BCUT2D eigenvalue weighted by Gasteiger charge is -2.34. The monoisotopic (exact) mass is 651 g/mol. The molecule has 0 bridgehead atoms. The first-order valence-electron chi connectivity index (χ1n) is 14.3. The van der Waals surface area contributed by atoms with E-state index in [0.717, 1.165) is 15.4 Å². The van der Waals surface area contributed by atoms with Crippen molar-refractivity contribution in [1.82, 2.24) is 10.2 Å². The lowest BCUT2D eigenvalue weighted by Crippen LogP contribution is -2.54. The number of anilines is 1. The van der Waals surface area contributed by atoms with Crippen molar-refractivity contribution in [3.8, 4) is 0 Å². The van der Waals surface area contributed by atoms with Gasteiger partial charge in [-0.05, 0) is 66.9 Å². The smallest absolute Gasteiger partial charge is 0.264 e. The fourth-order valence-corrected chi connectivity index (χ4v) is 6.40. The van der Waals surface area contributed by atoms with Gasteiger partial charge in [0.25, 0.3) is 10.0 Å². The van der Waals surface area contributed by atoms with Crippen molar-refractivity contribution in [2.24, 2.45) is 0 Å². The zero-order valence-corrected chi connectivity index (χ0v) is 26.9. The van der Waals surface area contributed by atoms with E-state index in [1.807, 2.05) is 44.2 Å². The molecule has 2 atom stereocenters. The molecule has 0 fully saturated rings. The third-order valence-corrected chi connectivity index (χ3v) is 9.52. The van der Waals surface area contributed by atoms with Crippen LogP contribution in [0.3, 0.4) is 0 Å². The maximum absolute atomic E-state index is 14.4. The third-order valence-electron chi connectivity index (χ3n) is 7.24. The highest BCUT2D eigenvalue weighted by Gasteiger charge is 2.35. The van der Waals surface area contributed by atoms with Crippen LogP contribution in [0.5, 0.6) is 0 Å². The lowest BCUT2D eigenvalue weighted by molar-refractivity contribution is -0.140. The summed E-state index contributed by atoms with van der Waals surface area (Å²) in [5.41, 5.74) is 1.82. The summed E-state index contributed by atoms with van der Waals surface area (Å²) in [5, 5.41) is 3.87. The van der Waals surface area contributed by atoms with Gasteiger partial charge in [-0.15, -0.1) is 0 Å². The number of nitrogens with zero attached hydrogens (tertiary/aromatic N) is 2. The highest BCUT2D eigenvalue weighted by molar-refractivity contribution is 7.92. The molecule has 0 spiro atoms. The van der Waals surface area contributed by atoms with Crippen molar-refractivity contribution >= 4 is 50.7 Å². The van der Waals surface area contributed by atoms with Gasteiger partial charge in [-0.1, -0.05) is 96.9 Å². The first kappa shape index (κ1) is 33.1. The summed E-state index contributed by atoms with van der Waals surface area (Å²) in [5.74, 6) is -0.884. The highest BCUT2D eigenvalue weighted by Crippen LogP contribution is 2.27. The molecule has 2 unspecified atom stereocenters. The number of hydrogen-bond acceptors (Lipinski definition) is 4. The van der Waals surface area contributed by atoms with E-state index in [1.165, 1.54) is 23.1 Å². The van der Waals surface area contributed by atoms with E-state index in [1.54, 1.807) is 60.7 Å². The van der Waals surface area contributed by atoms with Crippen molar-refractivity contribution in [1.29, 1.82) is 0 Å². The van der Waals surface area contributed by atoms with Gasteiger partial charge in [-0.25, -0.2) is 8.42 Å². The van der Waals surface area contributed by atoms with Crippen LogP contribution in [0.2, 0.25) is 10.0 Å². The van der Waals surface area contributed by atoms with Crippen molar-refractivity contribution in [3.63, 3.8) is 0 Å². The minimum atomic E-state index is -4.20. The highest BCUT2D eigenvalue weighted by atomic mass is 35.5.